The van der Waals surface area contributed by atoms with Gasteiger partial charge in [0.05, 0.1) is 12.3 Å². The predicted molar refractivity (Wildman–Crippen MR) is 75.6 cm³/mol. The first kappa shape index (κ1) is 14.3. The number of carbonyl (C=O) groups excluding carboxylic acids is 1. The van der Waals surface area contributed by atoms with Crippen molar-refractivity contribution < 1.29 is 14.4 Å². The fraction of sp³-hybridized carbons (Fsp3) is 0.333. The second-order valence-corrected chi connectivity index (χ2v) is 4.97. The molecule has 0 bridgehead atoms. The Hall–Kier alpha value is -2.14. The Bertz CT molecular complexity index is 600. The summed E-state index contributed by atoms with van der Waals surface area (Å²) in [6.45, 7) is 5.63. The zero-order valence-corrected chi connectivity index (χ0v) is 11.8. The Morgan fingerprint density at radius 2 is 2.00 bits per heavy atom. The molecule has 1 aromatic heterocycles. The molecule has 0 spiro atoms. The van der Waals surface area contributed by atoms with E-state index >= 15 is 0 Å². The first-order chi connectivity index (χ1) is 9.52. The van der Waals surface area contributed by atoms with Gasteiger partial charge in [-0.1, -0.05) is 31.1 Å². The molecule has 2 aromatic rings. The van der Waals surface area contributed by atoms with Crippen molar-refractivity contribution in [1.29, 1.82) is 0 Å². The van der Waals surface area contributed by atoms with Crippen molar-refractivity contribution in [2.75, 3.05) is 5.32 Å². The molecule has 5 nitrogen and oxygen atoms in total. The molecule has 106 valence electrons. The molecule has 2 N–H and O–H groups in total. The fourth-order valence-electron chi connectivity index (χ4n) is 1.94. The van der Waals surface area contributed by atoms with E-state index in [4.69, 9.17) is 9.63 Å². The van der Waals surface area contributed by atoms with E-state index < -0.39 is 0 Å². The number of aryl methyl sites for hydroxylation is 1. The summed E-state index contributed by atoms with van der Waals surface area (Å²) < 4.78 is 5.21. The van der Waals surface area contributed by atoms with Gasteiger partial charge in [0.2, 0.25) is 0 Å². The first-order valence-electron chi connectivity index (χ1n) is 6.50. The highest BCUT2D eigenvalue weighted by atomic mass is 16.5. The van der Waals surface area contributed by atoms with Crippen molar-refractivity contribution in [2.45, 2.75) is 33.3 Å². The van der Waals surface area contributed by atoms with Gasteiger partial charge in [-0.05, 0) is 24.6 Å². The van der Waals surface area contributed by atoms with Gasteiger partial charge in [-0.15, -0.1) is 0 Å². The number of nitrogens with one attached hydrogen (secondary N) is 1. The molecule has 0 saturated heterocycles. The number of hydrogen-bond acceptors (Lipinski definition) is 4. The largest absolute Gasteiger partial charge is 0.392 e. The summed E-state index contributed by atoms with van der Waals surface area (Å²) in [7, 11) is 0. The van der Waals surface area contributed by atoms with Crippen LogP contribution in [0.5, 0.6) is 0 Å². The Labute approximate surface area is 117 Å². The van der Waals surface area contributed by atoms with E-state index in [1.54, 1.807) is 31.2 Å². The SMILES string of the molecule is Cc1noc(C(C)C)c1C(=O)Nc1ccc(CO)cc1. The van der Waals surface area contributed by atoms with Gasteiger partial charge in [0.25, 0.3) is 5.91 Å². The van der Waals surface area contributed by atoms with E-state index in [1.165, 1.54) is 0 Å². The molecular weight excluding hydrogens is 256 g/mol. The summed E-state index contributed by atoms with van der Waals surface area (Å²) in [5.74, 6) is 0.449. The topological polar surface area (TPSA) is 75.4 Å². The molecule has 0 saturated carbocycles. The minimum atomic E-state index is -0.232. The molecule has 20 heavy (non-hydrogen) atoms. The summed E-state index contributed by atoms with van der Waals surface area (Å²) in [4.78, 5) is 12.3. The van der Waals surface area contributed by atoms with Crippen molar-refractivity contribution in [3.63, 3.8) is 0 Å². The Morgan fingerprint density at radius 1 is 1.35 bits per heavy atom. The minimum absolute atomic E-state index is 0.0174. The van der Waals surface area contributed by atoms with E-state index in [0.717, 1.165) is 5.56 Å². The summed E-state index contributed by atoms with van der Waals surface area (Å²) in [6, 6.07) is 7.03. The lowest BCUT2D eigenvalue weighted by Gasteiger charge is -2.07. The number of benzene rings is 1. The van der Waals surface area contributed by atoms with Crippen LogP contribution in [0.25, 0.3) is 0 Å². The molecule has 2 rings (SSSR count). The van der Waals surface area contributed by atoms with Gasteiger partial charge in [0.15, 0.2) is 5.76 Å². The molecule has 0 aliphatic rings. The third-order valence-corrected chi connectivity index (χ3v) is 3.03. The molecule has 0 atom stereocenters. The maximum absolute atomic E-state index is 12.3. The van der Waals surface area contributed by atoms with Gasteiger partial charge in [-0.25, -0.2) is 0 Å². The average molecular weight is 274 g/mol. The lowest BCUT2D eigenvalue weighted by atomic mass is 10.0. The van der Waals surface area contributed by atoms with Gasteiger partial charge in [0.1, 0.15) is 5.56 Å². The van der Waals surface area contributed by atoms with Crippen LogP contribution in [0.4, 0.5) is 5.69 Å². The number of rotatable bonds is 4. The molecule has 0 aliphatic carbocycles. The zero-order valence-electron chi connectivity index (χ0n) is 11.8. The normalized spacial score (nSPS) is 10.8. The van der Waals surface area contributed by atoms with Crippen molar-refractivity contribution >= 4 is 11.6 Å². The van der Waals surface area contributed by atoms with Crippen LogP contribution in [0.1, 0.15) is 47.1 Å². The Kier molecular flexibility index (Phi) is 4.20. The molecule has 0 aliphatic heterocycles. The van der Waals surface area contributed by atoms with Crippen molar-refractivity contribution in [3.05, 3.63) is 46.8 Å². The zero-order chi connectivity index (χ0) is 14.7. The quantitative estimate of drug-likeness (QED) is 0.899. The van der Waals surface area contributed by atoms with Crippen LogP contribution in [-0.4, -0.2) is 16.2 Å². The number of amides is 1. The van der Waals surface area contributed by atoms with E-state index in [1.807, 2.05) is 13.8 Å². The van der Waals surface area contributed by atoms with Crippen LogP contribution < -0.4 is 5.32 Å². The van der Waals surface area contributed by atoms with Gasteiger partial charge >= 0.3 is 0 Å². The Balaban J connectivity index is 2.21. The molecule has 1 aromatic carbocycles. The molecule has 0 unspecified atom stereocenters. The van der Waals surface area contributed by atoms with Crippen LogP contribution in [0, 0.1) is 6.92 Å². The number of hydrogen-bond donors (Lipinski definition) is 2. The average Bonchev–Trinajstić information content (AvgIpc) is 2.81. The molecule has 0 fully saturated rings. The standard InChI is InChI=1S/C15H18N2O3/c1-9(2)14-13(10(3)17-20-14)15(19)16-12-6-4-11(8-18)5-7-12/h4-7,9,18H,8H2,1-3H3,(H,16,19). The van der Waals surface area contributed by atoms with Crippen molar-refractivity contribution in [3.8, 4) is 0 Å². The summed E-state index contributed by atoms with van der Waals surface area (Å²) in [5.41, 5.74) is 2.54. The highest BCUT2D eigenvalue weighted by Crippen LogP contribution is 2.23. The third kappa shape index (κ3) is 2.88. The van der Waals surface area contributed by atoms with E-state index in [2.05, 4.69) is 10.5 Å². The second-order valence-electron chi connectivity index (χ2n) is 4.97. The third-order valence-electron chi connectivity index (χ3n) is 3.03. The smallest absolute Gasteiger partial charge is 0.261 e. The molecule has 1 amide bonds. The first-order valence-corrected chi connectivity index (χ1v) is 6.50. The number of aliphatic hydroxyl groups is 1. The molecule has 0 radical (unpaired) electrons. The molecule has 1 heterocycles. The van der Waals surface area contributed by atoms with E-state index in [0.29, 0.717) is 22.7 Å². The summed E-state index contributed by atoms with van der Waals surface area (Å²) >= 11 is 0. The molecule has 5 heteroatoms. The number of nitrogens with zero attached hydrogens (tertiary/aromatic N) is 1. The van der Waals surface area contributed by atoms with Crippen LogP contribution >= 0.6 is 0 Å². The van der Waals surface area contributed by atoms with Gasteiger partial charge in [-0.2, -0.15) is 0 Å². The monoisotopic (exact) mass is 274 g/mol. The maximum Gasteiger partial charge on any atom is 0.261 e. The van der Waals surface area contributed by atoms with Gasteiger partial charge in [0, 0.05) is 11.6 Å². The molecular formula is C15H18N2O3. The highest BCUT2D eigenvalue weighted by molar-refractivity contribution is 6.05. The van der Waals surface area contributed by atoms with E-state index in [9.17, 15) is 4.79 Å². The number of anilines is 1. The van der Waals surface area contributed by atoms with E-state index in [-0.39, 0.29) is 18.4 Å². The lowest BCUT2D eigenvalue weighted by molar-refractivity contribution is 0.102. The highest BCUT2D eigenvalue weighted by Gasteiger charge is 2.22. The summed E-state index contributed by atoms with van der Waals surface area (Å²) in [6.07, 6.45) is 0. The lowest BCUT2D eigenvalue weighted by Crippen LogP contribution is -2.14. The van der Waals surface area contributed by atoms with Crippen molar-refractivity contribution in [1.82, 2.24) is 5.16 Å². The fourth-order valence-corrected chi connectivity index (χ4v) is 1.94. The number of carbonyl (C=O) groups is 1. The second kappa shape index (κ2) is 5.88. The van der Waals surface area contributed by atoms with Gasteiger partial charge in [-0.3, -0.25) is 4.79 Å². The number of aromatic nitrogens is 1. The van der Waals surface area contributed by atoms with Gasteiger partial charge < -0.3 is 14.9 Å². The van der Waals surface area contributed by atoms with Crippen LogP contribution in [0.2, 0.25) is 0 Å². The van der Waals surface area contributed by atoms with Crippen LogP contribution in [0.15, 0.2) is 28.8 Å². The number of aliphatic hydroxyl groups excluding tert-OH is 1. The summed E-state index contributed by atoms with van der Waals surface area (Å²) in [5, 5.41) is 15.7. The van der Waals surface area contributed by atoms with Crippen molar-refractivity contribution in [2.24, 2.45) is 0 Å². The maximum atomic E-state index is 12.3. The predicted octanol–water partition coefficient (Wildman–Crippen LogP) is 2.85. The van der Waals surface area contributed by atoms with Crippen LogP contribution in [-0.2, 0) is 6.61 Å². The minimum Gasteiger partial charge on any atom is -0.392 e. The Morgan fingerprint density at radius 3 is 2.55 bits per heavy atom. The van der Waals surface area contributed by atoms with Crippen LogP contribution in [0.3, 0.4) is 0 Å².